The SMILES string of the molecule is CC(C)C1CC(O)(C2(CN)CCCOC2)CCO1. The van der Waals surface area contributed by atoms with Gasteiger partial charge in [0.2, 0.25) is 0 Å². The van der Waals surface area contributed by atoms with Crippen molar-refractivity contribution in [2.45, 2.75) is 51.2 Å². The zero-order chi connectivity index (χ0) is 13.2. The Hall–Kier alpha value is -0.160. The molecular formula is C14H27NO3. The quantitative estimate of drug-likeness (QED) is 0.800. The van der Waals surface area contributed by atoms with Crippen molar-refractivity contribution in [3.8, 4) is 0 Å². The first-order valence-corrected chi connectivity index (χ1v) is 7.15. The average Bonchev–Trinajstić information content (AvgIpc) is 2.39. The normalized spacial score (nSPS) is 42.2. The van der Waals surface area contributed by atoms with Gasteiger partial charge in [-0.25, -0.2) is 0 Å². The molecule has 2 aliphatic heterocycles. The molecule has 2 fully saturated rings. The van der Waals surface area contributed by atoms with Crippen LogP contribution in [0, 0.1) is 11.3 Å². The van der Waals surface area contributed by atoms with Crippen LogP contribution in [0.25, 0.3) is 0 Å². The van der Waals surface area contributed by atoms with Crippen LogP contribution in [0.4, 0.5) is 0 Å². The second-order valence-electron chi connectivity index (χ2n) is 6.28. The highest BCUT2D eigenvalue weighted by Gasteiger charge is 2.52. The predicted octanol–water partition coefficient (Wildman–Crippen LogP) is 1.31. The molecular weight excluding hydrogens is 230 g/mol. The average molecular weight is 257 g/mol. The molecule has 0 aromatic rings. The standard InChI is InChI=1S/C14H27NO3/c1-11(2)12-8-14(16,5-7-18-12)13(9-15)4-3-6-17-10-13/h11-12,16H,3-10,15H2,1-2H3. The molecule has 0 aliphatic carbocycles. The number of rotatable bonds is 3. The van der Waals surface area contributed by atoms with Gasteiger partial charge in [0.1, 0.15) is 0 Å². The fourth-order valence-electron chi connectivity index (χ4n) is 3.35. The van der Waals surface area contributed by atoms with Gasteiger partial charge >= 0.3 is 0 Å². The number of hydrogen-bond acceptors (Lipinski definition) is 4. The Bertz CT molecular complexity index is 276. The van der Waals surface area contributed by atoms with Gasteiger partial charge in [-0.1, -0.05) is 13.8 Å². The molecule has 0 aromatic heterocycles. The van der Waals surface area contributed by atoms with Crippen molar-refractivity contribution >= 4 is 0 Å². The number of aliphatic hydroxyl groups is 1. The van der Waals surface area contributed by atoms with Crippen LogP contribution in [0.1, 0.15) is 39.5 Å². The van der Waals surface area contributed by atoms with E-state index in [2.05, 4.69) is 13.8 Å². The summed E-state index contributed by atoms with van der Waals surface area (Å²) in [5, 5.41) is 11.1. The minimum atomic E-state index is -0.727. The molecule has 4 heteroatoms. The second-order valence-corrected chi connectivity index (χ2v) is 6.28. The number of ether oxygens (including phenoxy) is 2. The molecule has 18 heavy (non-hydrogen) atoms. The van der Waals surface area contributed by atoms with Crippen molar-refractivity contribution in [2.75, 3.05) is 26.4 Å². The first-order chi connectivity index (χ1) is 8.53. The highest BCUT2D eigenvalue weighted by molar-refractivity contribution is 5.03. The highest BCUT2D eigenvalue weighted by Crippen LogP contribution is 2.46. The summed E-state index contributed by atoms with van der Waals surface area (Å²) in [5.74, 6) is 0.427. The molecule has 2 rings (SSSR count). The number of hydrogen-bond donors (Lipinski definition) is 2. The minimum Gasteiger partial charge on any atom is -0.389 e. The topological polar surface area (TPSA) is 64.7 Å². The Morgan fingerprint density at radius 2 is 2.11 bits per heavy atom. The Kier molecular flexibility index (Phi) is 4.32. The van der Waals surface area contributed by atoms with E-state index in [0.29, 0.717) is 38.5 Å². The molecule has 3 unspecified atom stereocenters. The lowest BCUT2D eigenvalue weighted by Gasteiger charge is -2.52. The van der Waals surface area contributed by atoms with Crippen LogP contribution in [0.3, 0.4) is 0 Å². The molecule has 0 saturated carbocycles. The van der Waals surface area contributed by atoms with E-state index in [1.807, 2.05) is 0 Å². The molecule has 0 amide bonds. The molecule has 0 radical (unpaired) electrons. The summed E-state index contributed by atoms with van der Waals surface area (Å²) >= 11 is 0. The van der Waals surface area contributed by atoms with Crippen molar-refractivity contribution < 1.29 is 14.6 Å². The molecule has 3 atom stereocenters. The van der Waals surface area contributed by atoms with Crippen LogP contribution in [-0.2, 0) is 9.47 Å². The van der Waals surface area contributed by atoms with Gasteiger partial charge in [-0.05, 0) is 18.8 Å². The van der Waals surface area contributed by atoms with Crippen molar-refractivity contribution in [1.82, 2.24) is 0 Å². The van der Waals surface area contributed by atoms with Crippen molar-refractivity contribution in [2.24, 2.45) is 17.1 Å². The summed E-state index contributed by atoms with van der Waals surface area (Å²) in [6.45, 7) is 6.79. The Balaban J connectivity index is 2.16. The maximum atomic E-state index is 11.1. The molecule has 4 nitrogen and oxygen atoms in total. The van der Waals surface area contributed by atoms with E-state index >= 15 is 0 Å². The van der Waals surface area contributed by atoms with E-state index < -0.39 is 5.60 Å². The predicted molar refractivity (Wildman–Crippen MR) is 70.3 cm³/mol. The van der Waals surface area contributed by atoms with Crippen LogP contribution in [0.2, 0.25) is 0 Å². The second kappa shape index (κ2) is 5.45. The van der Waals surface area contributed by atoms with Crippen LogP contribution >= 0.6 is 0 Å². The lowest BCUT2D eigenvalue weighted by Crippen LogP contribution is -2.60. The van der Waals surface area contributed by atoms with Crippen molar-refractivity contribution in [3.63, 3.8) is 0 Å². The summed E-state index contributed by atoms with van der Waals surface area (Å²) in [6, 6.07) is 0. The van der Waals surface area contributed by atoms with Crippen LogP contribution < -0.4 is 5.73 Å². The first-order valence-electron chi connectivity index (χ1n) is 7.15. The molecule has 0 aromatic carbocycles. The summed E-state index contributed by atoms with van der Waals surface area (Å²) in [7, 11) is 0. The smallest absolute Gasteiger partial charge is 0.0784 e. The maximum absolute atomic E-state index is 11.1. The maximum Gasteiger partial charge on any atom is 0.0784 e. The van der Waals surface area contributed by atoms with Gasteiger partial charge in [0.05, 0.1) is 18.3 Å². The largest absolute Gasteiger partial charge is 0.389 e. The molecule has 2 heterocycles. The van der Waals surface area contributed by atoms with Crippen molar-refractivity contribution in [1.29, 1.82) is 0 Å². The van der Waals surface area contributed by atoms with Crippen LogP contribution in [0.15, 0.2) is 0 Å². The highest BCUT2D eigenvalue weighted by atomic mass is 16.5. The minimum absolute atomic E-state index is 0.133. The van der Waals surface area contributed by atoms with Crippen LogP contribution in [0.5, 0.6) is 0 Å². The lowest BCUT2D eigenvalue weighted by molar-refractivity contribution is -0.202. The van der Waals surface area contributed by atoms with E-state index in [4.69, 9.17) is 15.2 Å². The third kappa shape index (κ3) is 2.44. The fraction of sp³-hybridized carbons (Fsp3) is 1.00. The van der Waals surface area contributed by atoms with Crippen LogP contribution in [-0.4, -0.2) is 43.2 Å². The Morgan fingerprint density at radius 1 is 1.33 bits per heavy atom. The molecule has 0 spiro atoms. The molecule has 0 bridgehead atoms. The Morgan fingerprint density at radius 3 is 2.67 bits per heavy atom. The lowest BCUT2D eigenvalue weighted by atomic mass is 9.63. The molecule has 2 aliphatic rings. The molecule has 106 valence electrons. The van der Waals surface area contributed by atoms with E-state index in [1.54, 1.807) is 0 Å². The third-order valence-electron chi connectivity index (χ3n) is 4.83. The zero-order valence-corrected chi connectivity index (χ0v) is 11.7. The van der Waals surface area contributed by atoms with E-state index in [9.17, 15) is 5.11 Å². The van der Waals surface area contributed by atoms with Gasteiger partial charge in [0, 0.05) is 38.0 Å². The first kappa shape index (κ1) is 14.3. The Labute approximate surface area is 110 Å². The molecule has 2 saturated heterocycles. The van der Waals surface area contributed by atoms with Gasteiger partial charge < -0.3 is 20.3 Å². The van der Waals surface area contributed by atoms with Gasteiger partial charge in [-0.3, -0.25) is 0 Å². The zero-order valence-electron chi connectivity index (χ0n) is 11.7. The van der Waals surface area contributed by atoms with E-state index in [0.717, 1.165) is 19.4 Å². The van der Waals surface area contributed by atoms with Crippen molar-refractivity contribution in [3.05, 3.63) is 0 Å². The van der Waals surface area contributed by atoms with Gasteiger partial charge in [-0.15, -0.1) is 0 Å². The van der Waals surface area contributed by atoms with E-state index in [-0.39, 0.29) is 11.5 Å². The summed E-state index contributed by atoms with van der Waals surface area (Å²) in [5.41, 5.74) is 4.99. The van der Waals surface area contributed by atoms with E-state index in [1.165, 1.54) is 0 Å². The summed E-state index contributed by atoms with van der Waals surface area (Å²) in [4.78, 5) is 0. The third-order valence-corrected chi connectivity index (χ3v) is 4.83. The van der Waals surface area contributed by atoms with Gasteiger partial charge in [-0.2, -0.15) is 0 Å². The fourth-order valence-corrected chi connectivity index (χ4v) is 3.35. The summed E-state index contributed by atoms with van der Waals surface area (Å²) < 4.78 is 11.4. The summed E-state index contributed by atoms with van der Waals surface area (Å²) in [6.07, 6.45) is 3.45. The van der Waals surface area contributed by atoms with Gasteiger partial charge in [0.25, 0.3) is 0 Å². The monoisotopic (exact) mass is 257 g/mol. The number of nitrogens with two attached hydrogens (primary N) is 1. The molecule has 3 N–H and O–H groups in total. The van der Waals surface area contributed by atoms with Gasteiger partial charge in [0.15, 0.2) is 0 Å².